The molecule has 1 aliphatic heterocycles. The summed E-state index contributed by atoms with van der Waals surface area (Å²) in [6.07, 6.45) is -4.18. The van der Waals surface area contributed by atoms with Crippen molar-refractivity contribution in [3.63, 3.8) is 0 Å². The van der Waals surface area contributed by atoms with E-state index >= 15 is 0 Å². The summed E-state index contributed by atoms with van der Waals surface area (Å²) in [7, 11) is 0. The molecular formula is C22H20F3N5O4. The number of nitrogens with zero attached hydrogens (tertiary/aromatic N) is 5. The molecule has 34 heavy (non-hydrogen) atoms. The maximum atomic E-state index is 12.9. The minimum absolute atomic E-state index is 0.0230. The average Bonchev–Trinajstić information content (AvgIpc) is 3.31. The van der Waals surface area contributed by atoms with Gasteiger partial charge in [0.1, 0.15) is 0 Å². The van der Waals surface area contributed by atoms with Crippen LogP contribution in [0.5, 0.6) is 0 Å². The van der Waals surface area contributed by atoms with Crippen molar-refractivity contribution in [3.8, 4) is 11.5 Å². The molecule has 2 aromatic carbocycles. The summed E-state index contributed by atoms with van der Waals surface area (Å²) in [5.74, 6) is 0.0395. The van der Waals surface area contributed by atoms with Gasteiger partial charge in [-0.15, -0.1) is 10.2 Å². The van der Waals surface area contributed by atoms with Gasteiger partial charge in [0, 0.05) is 62.4 Å². The number of aromatic nitrogens is 2. The predicted octanol–water partition coefficient (Wildman–Crippen LogP) is 3.95. The molecule has 12 heteroatoms. The summed E-state index contributed by atoms with van der Waals surface area (Å²) in [4.78, 5) is 26.7. The Bertz CT molecular complexity index is 1170. The molecule has 1 fully saturated rings. The van der Waals surface area contributed by atoms with Crippen LogP contribution in [0, 0.1) is 10.1 Å². The van der Waals surface area contributed by atoms with E-state index in [0.717, 1.165) is 17.8 Å². The fourth-order valence-corrected chi connectivity index (χ4v) is 3.67. The Hall–Kier alpha value is -3.96. The van der Waals surface area contributed by atoms with Gasteiger partial charge < -0.3 is 14.2 Å². The lowest BCUT2D eigenvalue weighted by molar-refractivity contribution is -0.384. The number of halogens is 3. The smallest absolute Gasteiger partial charge is 0.416 e. The van der Waals surface area contributed by atoms with Crippen molar-refractivity contribution >= 4 is 17.3 Å². The van der Waals surface area contributed by atoms with Gasteiger partial charge in [0.05, 0.1) is 10.5 Å². The average molecular weight is 475 g/mol. The number of carbonyl (C=O) groups is 1. The van der Waals surface area contributed by atoms with Crippen LogP contribution in [-0.4, -0.2) is 52.1 Å². The van der Waals surface area contributed by atoms with Crippen molar-refractivity contribution < 1.29 is 27.3 Å². The Morgan fingerprint density at radius 3 is 2.41 bits per heavy atom. The number of alkyl halides is 3. The van der Waals surface area contributed by atoms with E-state index < -0.39 is 16.7 Å². The molecule has 0 spiro atoms. The van der Waals surface area contributed by atoms with Crippen molar-refractivity contribution in [1.29, 1.82) is 0 Å². The third-order valence-corrected chi connectivity index (χ3v) is 5.51. The highest BCUT2D eigenvalue weighted by atomic mass is 19.4. The first-order valence-corrected chi connectivity index (χ1v) is 10.5. The molecule has 1 amide bonds. The number of rotatable bonds is 6. The number of anilines is 1. The van der Waals surface area contributed by atoms with Crippen molar-refractivity contribution in [2.45, 2.75) is 19.0 Å². The summed E-state index contributed by atoms with van der Waals surface area (Å²) in [5, 5.41) is 18.4. The normalized spacial score (nSPS) is 14.3. The second kappa shape index (κ2) is 9.49. The van der Waals surface area contributed by atoms with Gasteiger partial charge in [0.25, 0.3) is 5.69 Å². The Labute approximate surface area is 191 Å². The van der Waals surface area contributed by atoms with Gasteiger partial charge in [-0.1, -0.05) is 6.07 Å². The standard InChI is InChI=1S/C22H20F3N5O4/c23-22(24,25)16-3-1-2-15(14-16)21-27-26-19(34-21)8-9-20(31)29-12-10-28(11-13-29)17-4-6-18(7-5-17)30(32)33/h1-7,14H,8-13H2. The molecule has 1 aromatic heterocycles. The number of carbonyl (C=O) groups excluding carboxylic acids is 1. The lowest BCUT2D eigenvalue weighted by Gasteiger charge is -2.36. The van der Waals surface area contributed by atoms with Gasteiger partial charge in [-0.3, -0.25) is 14.9 Å². The number of benzene rings is 2. The molecule has 9 nitrogen and oxygen atoms in total. The maximum Gasteiger partial charge on any atom is 0.416 e. The first-order chi connectivity index (χ1) is 16.2. The Kier molecular flexibility index (Phi) is 6.48. The molecule has 1 aliphatic rings. The zero-order valence-electron chi connectivity index (χ0n) is 17.9. The highest BCUT2D eigenvalue weighted by Gasteiger charge is 2.31. The van der Waals surface area contributed by atoms with Crippen LogP contribution < -0.4 is 4.90 Å². The van der Waals surface area contributed by atoms with Gasteiger partial charge in [0.2, 0.25) is 17.7 Å². The molecule has 0 N–H and O–H groups in total. The summed E-state index contributed by atoms with van der Waals surface area (Å²) in [5.41, 5.74) is 0.218. The molecule has 2 heterocycles. The number of hydrogen-bond acceptors (Lipinski definition) is 7. The number of nitro groups is 1. The van der Waals surface area contributed by atoms with E-state index in [2.05, 4.69) is 10.2 Å². The van der Waals surface area contributed by atoms with Gasteiger partial charge in [0.15, 0.2) is 0 Å². The van der Waals surface area contributed by atoms with Crippen LogP contribution in [0.25, 0.3) is 11.5 Å². The summed E-state index contributed by atoms with van der Waals surface area (Å²) < 4.78 is 44.2. The van der Waals surface area contributed by atoms with E-state index in [1.54, 1.807) is 17.0 Å². The summed E-state index contributed by atoms with van der Waals surface area (Å²) in [6.45, 7) is 2.16. The molecule has 0 radical (unpaired) electrons. The third-order valence-electron chi connectivity index (χ3n) is 5.51. The third kappa shape index (κ3) is 5.33. The predicted molar refractivity (Wildman–Crippen MR) is 115 cm³/mol. The first kappa shape index (κ1) is 23.2. The van der Waals surface area contributed by atoms with Crippen molar-refractivity contribution in [2.75, 3.05) is 31.1 Å². The van der Waals surface area contributed by atoms with Crippen LogP contribution in [0.4, 0.5) is 24.5 Å². The number of hydrogen-bond donors (Lipinski definition) is 0. The fourth-order valence-electron chi connectivity index (χ4n) is 3.67. The van der Waals surface area contributed by atoms with Crippen LogP contribution in [0.1, 0.15) is 17.9 Å². The molecule has 0 atom stereocenters. The van der Waals surface area contributed by atoms with Crippen molar-refractivity contribution in [2.24, 2.45) is 0 Å². The van der Waals surface area contributed by atoms with Crippen LogP contribution in [0.2, 0.25) is 0 Å². The van der Waals surface area contributed by atoms with Crippen molar-refractivity contribution in [3.05, 3.63) is 70.1 Å². The van der Waals surface area contributed by atoms with Gasteiger partial charge in [-0.2, -0.15) is 13.2 Å². The fraction of sp³-hybridized carbons (Fsp3) is 0.318. The van der Waals surface area contributed by atoms with E-state index in [0.29, 0.717) is 26.2 Å². The van der Waals surface area contributed by atoms with E-state index in [9.17, 15) is 28.1 Å². The van der Waals surface area contributed by atoms with Gasteiger partial charge in [-0.25, -0.2) is 0 Å². The number of amides is 1. The lowest BCUT2D eigenvalue weighted by atomic mass is 10.1. The quantitative estimate of drug-likeness (QED) is 0.393. The lowest BCUT2D eigenvalue weighted by Crippen LogP contribution is -2.48. The van der Waals surface area contributed by atoms with Crippen LogP contribution in [0.3, 0.4) is 0 Å². The zero-order valence-corrected chi connectivity index (χ0v) is 17.9. The molecule has 3 aromatic rings. The molecule has 4 rings (SSSR count). The van der Waals surface area contributed by atoms with Gasteiger partial charge in [-0.05, 0) is 30.3 Å². The maximum absolute atomic E-state index is 12.9. The largest absolute Gasteiger partial charge is 0.421 e. The van der Waals surface area contributed by atoms with E-state index in [1.165, 1.54) is 24.3 Å². The van der Waals surface area contributed by atoms with Crippen LogP contribution in [0.15, 0.2) is 52.9 Å². The monoisotopic (exact) mass is 475 g/mol. The van der Waals surface area contributed by atoms with Crippen molar-refractivity contribution in [1.82, 2.24) is 15.1 Å². The van der Waals surface area contributed by atoms with E-state index in [4.69, 9.17) is 4.42 Å². The molecule has 0 saturated carbocycles. The molecule has 0 unspecified atom stereocenters. The Balaban J connectivity index is 1.29. The Morgan fingerprint density at radius 2 is 1.76 bits per heavy atom. The van der Waals surface area contributed by atoms with E-state index in [1.807, 2.05) is 4.90 Å². The number of nitro benzene ring substituents is 1. The minimum atomic E-state index is -4.48. The molecule has 0 bridgehead atoms. The molecule has 178 valence electrons. The van der Waals surface area contributed by atoms with Crippen LogP contribution >= 0.6 is 0 Å². The zero-order chi connectivity index (χ0) is 24.3. The number of piperazine rings is 1. The molecule has 0 aliphatic carbocycles. The highest BCUT2D eigenvalue weighted by Crippen LogP contribution is 2.32. The second-order valence-corrected chi connectivity index (χ2v) is 7.72. The minimum Gasteiger partial charge on any atom is -0.421 e. The molecular weight excluding hydrogens is 455 g/mol. The van der Waals surface area contributed by atoms with Gasteiger partial charge >= 0.3 is 6.18 Å². The highest BCUT2D eigenvalue weighted by molar-refractivity contribution is 5.76. The molecule has 1 saturated heterocycles. The van der Waals surface area contributed by atoms with E-state index in [-0.39, 0.29) is 41.8 Å². The Morgan fingerprint density at radius 1 is 1.06 bits per heavy atom. The number of aryl methyl sites for hydroxylation is 1. The SMILES string of the molecule is O=C(CCc1nnc(-c2cccc(C(F)(F)F)c2)o1)N1CCN(c2ccc([N+](=O)[O-])cc2)CC1. The number of non-ortho nitro benzene ring substituents is 1. The van der Waals surface area contributed by atoms with Crippen LogP contribution in [-0.2, 0) is 17.4 Å². The topological polar surface area (TPSA) is 106 Å². The second-order valence-electron chi connectivity index (χ2n) is 7.72. The summed E-state index contributed by atoms with van der Waals surface area (Å²) in [6, 6.07) is 10.9. The summed E-state index contributed by atoms with van der Waals surface area (Å²) >= 11 is 0. The first-order valence-electron chi connectivity index (χ1n) is 10.5.